The fourth-order valence-electron chi connectivity index (χ4n) is 2.72. The van der Waals surface area contributed by atoms with Gasteiger partial charge >= 0.3 is 0 Å². The maximum atomic E-state index is 13.1. The second-order valence-electron chi connectivity index (χ2n) is 6.06. The van der Waals surface area contributed by atoms with Gasteiger partial charge in [0, 0.05) is 26.0 Å². The number of amides is 1. The lowest BCUT2D eigenvalue weighted by atomic mass is 10.2. The van der Waals surface area contributed by atoms with Crippen LogP contribution in [0, 0.1) is 12.7 Å². The summed E-state index contributed by atoms with van der Waals surface area (Å²) in [5.41, 5.74) is 2.29. The van der Waals surface area contributed by atoms with Crippen LogP contribution in [0.15, 0.2) is 36.5 Å². The maximum Gasteiger partial charge on any atom is 0.259 e. The second kappa shape index (κ2) is 7.13. The van der Waals surface area contributed by atoms with E-state index in [2.05, 4.69) is 5.10 Å². The third-order valence-electron chi connectivity index (χ3n) is 4.11. The fraction of sp³-hybridized carbons (Fsp3) is 0.222. The third kappa shape index (κ3) is 3.48. The van der Waals surface area contributed by atoms with Crippen LogP contribution < -0.4 is 0 Å². The van der Waals surface area contributed by atoms with Gasteiger partial charge in [-0.25, -0.2) is 9.07 Å². The molecule has 0 saturated carbocycles. The van der Waals surface area contributed by atoms with Crippen molar-refractivity contribution in [2.75, 3.05) is 7.05 Å². The average Bonchev–Trinajstić information content (AvgIpc) is 3.05. The van der Waals surface area contributed by atoms with Gasteiger partial charge in [-0.2, -0.15) is 5.10 Å². The molecule has 1 amide bonds. The molecule has 0 aliphatic heterocycles. The van der Waals surface area contributed by atoms with Crippen LogP contribution in [0.4, 0.5) is 4.39 Å². The van der Waals surface area contributed by atoms with E-state index in [1.807, 2.05) is 17.7 Å². The van der Waals surface area contributed by atoms with Crippen LogP contribution >= 0.6 is 23.2 Å². The first-order chi connectivity index (χ1) is 12.3. The van der Waals surface area contributed by atoms with E-state index in [-0.39, 0.29) is 16.9 Å². The molecule has 0 radical (unpaired) electrons. The van der Waals surface area contributed by atoms with Crippen LogP contribution in [0.25, 0.3) is 5.69 Å². The molecule has 0 saturated heterocycles. The molecule has 26 heavy (non-hydrogen) atoms. The number of carbonyl (C=O) groups is 1. The Morgan fingerprint density at radius 3 is 2.50 bits per heavy atom. The first-order valence-corrected chi connectivity index (χ1v) is 8.60. The number of aryl methyl sites for hydroxylation is 2. The molecule has 0 atom stereocenters. The molecule has 8 heteroatoms. The summed E-state index contributed by atoms with van der Waals surface area (Å²) in [6.45, 7) is 2.09. The smallest absolute Gasteiger partial charge is 0.259 e. The SMILES string of the molecule is Cc1nn(-c2ccc(F)cc2)c(Cl)c1C(=O)N(C)Cc1cc(Cl)cn1C. The van der Waals surface area contributed by atoms with Crippen LogP contribution in [-0.2, 0) is 13.6 Å². The molecular formula is C18H17Cl2FN4O. The minimum Gasteiger partial charge on any atom is -0.351 e. The zero-order valence-electron chi connectivity index (χ0n) is 14.5. The number of rotatable bonds is 4. The number of hydrogen-bond donors (Lipinski definition) is 0. The van der Waals surface area contributed by atoms with Crippen LogP contribution in [0.5, 0.6) is 0 Å². The Hall–Kier alpha value is -2.31. The minimum absolute atomic E-state index is 0.191. The topological polar surface area (TPSA) is 43.1 Å². The van der Waals surface area contributed by atoms with Crippen molar-refractivity contribution in [1.29, 1.82) is 0 Å². The van der Waals surface area contributed by atoms with Gasteiger partial charge < -0.3 is 9.47 Å². The number of halogens is 3. The van der Waals surface area contributed by atoms with Gasteiger partial charge in [0.05, 0.1) is 28.5 Å². The van der Waals surface area contributed by atoms with E-state index in [9.17, 15) is 9.18 Å². The van der Waals surface area contributed by atoms with E-state index < -0.39 is 0 Å². The standard InChI is InChI=1S/C18H17Cl2FN4O/c1-11-16(17(20)25(22-11)14-6-4-13(21)5-7-14)18(26)24(3)10-15-8-12(19)9-23(15)2/h4-9H,10H2,1-3H3. The Morgan fingerprint density at radius 2 is 1.92 bits per heavy atom. The maximum absolute atomic E-state index is 13.1. The molecule has 0 N–H and O–H groups in total. The van der Waals surface area contributed by atoms with Crippen LogP contribution in [0.1, 0.15) is 21.7 Å². The van der Waals surface area contributed by atoms with Crippen molar-refractivity contribution in [3.05, 3.63) is 69.5 Å². The van der Waals surface area contributed by atoms with Crippen molar-refractivity contribution in [2.45, 2.75) is 13.5 Å². The predicted octanol–water partition coefficient (Wildman–Crippen LogP) is 4.24. The van der Waals surface area contributed by atoms with E-state index in [1.165, 1.54) is 16.8 Å². The molecule has 0 spiro atoms. The Labute approximate surface area is 160 Å². The van der Waals surface area contributed by atoms with Gasteiger partial charge in [-0.3, -0.25) is 4.79 Å². The van der Waals surface area contributed by atoms with Crippen molar-refractivity contribution in [3.8, 4) is 5.69 Å². The number of benzene rings is 1. The van der Waals surface area contributed by atoms with Crippen LogP contribution in [0.3, 0.4) is 0 Å². The van der Waals surface area contributed by atoms with Gasteiger partial charge in [-0.15, -0.1) is 0 Å². The summed E-state index contributed by atoms with van der Waals surface area (Å²) >= 11 is 12.4. The van der Waals surface area contributed by atoms with E-state index in [0.29, 0.717) is 28.5 Å². The molecule has 2 heterocycles. The summed E-state index contributed by atoms with van der Waals surface area (Å²) in [6.07, 6.45) is 1.78. The Bertz CT molecular complexity index is 962. The predicted molar refractivity (Wildman–Crippen MR) is 99.5 cm³/mol. The molecule has 0 aliphatic rings. The fourth-order valence-corrected chi connectivity index (χ4v) is 3.35. The lowest BCUT2D eigenvalue weighted by Crippen LogP contribution is -2.27. The second-order valence-corrected chi connectivity index (χ2v) is 6.86. The largest absolute Gasteiger partial charge is 0.351 e. The summed E-state index contributed by atoms with van der Waals surface area (Å²) < 4.78 is 16.4. The summed E-state index contributed by atoms with van der Waals surface area (Å²) in [7, 11) is 3.55. The molecular weight excluding hydrogens is 378 g/mol. The highest BCUT2D eigenvalue weighted by atomic mass is 35.5. The number of carbonyl (C=O) groups excluding carboxylic acids is 1. The molecule has 136 valence electrons. The molecule has 0 bridgehead atoms. The molecule has 0 aliphatic carbocycles. The number of nitrogens with zero attached hydrogens (tertiary/aromatic N) is 4. The van der Waals surface area contributed by atoms with Crippen LogP contribution in [-0.4, -0.2) is 32.2 Å². The highest BCUT2D eigenvalue weighted by molar-refractivity contribution is 6.33. The van der Waals surface area contributed by atoms with Gasteiger partial charge in [0.25, 0.3) is 5.91 Å². The summed E-state index contributed by atoms with van der Waals surface area (Å²) in [4.78, 5) is 14.4. The van der Waals surface area contributed by atoms with E-state index in [4.69, 9.17) is 23.2 Å². The van der Waals surface area contributed by atoms with Crippen molar-refractivity contribution in [3.63, 3.8) is 0 Å². The highest BCUT2D eigenvalue weighted by Crippen LogP contribution is 2.25. The van der Waals surface area contributed by atoms with Gasteiger partial charge in [0.1, 0.15) is 11.0 Å². The quantitative estimate of drug-likeness (QED) is 0.664. The van der Waals surface area contributed by atoms with E-state index >= 15 is 0 Å². The van der Waals surface area contributed by atoms with Crippen molar-refractivity contribution in [2.24, 2.45) is 7.05 Å². The Balaban J connectivity index is 1.90. The molecule has 1 aromatic carbocycles. The van der Waals surface area contributed by atoms with Crippen LogP contribution in [0.2, 0.25) is 10.2 Å². The van der Waals surface area contributed by atoms with E-state index in [0.717, 1.165) is 5.69 Å². The van der Waals surface area contributed by atoms with Gasteiger partial charge in [-0.1, -0.05) is 23.2 Å². The normalized spacial score (nSPS) is 11.0. The molecule has 0 fully saturated rings. The zero-order valence-corrected chi connectivity index (χ0v) is 16.0. The van der Waals surface area contributed by atoms with Gasteiger partial charge in [0.15, 0.2) is 0 Å². The van der Waals surface area contributed by atoms with E-state index in [1.54, 1.807) is 37.2 Å². The Morgan fingerprint density at radius 1 is 1.27 bits per heavy atom. The monoisotopic (exact) mass is 394 g/mol. The first kappa shape index (κ1) is 18.5. The lowest BCUT2D eigenvalue weighted by Gasteiger charge is -2.17. The van der Waals surface area contributed by atoms with Gasteiger partial charge in [-0.05, 0) is 37.3 Å². The Kier molecular flexibility index (Phi) is 5.07. The summed E-state index contributed by atoms with van der Waals surface area (Å²) in [5, 5.41) is 5.13. The zero-order chi connectivity index (χ0) is 19.0. The number of hydrogen-bond acceptors (Lipinski definition) is 2. The van der Waals surface area contributed by atoms with Crippen molar-refractivity contribution < 1.29 is 9.18 Å². The van der Waals surface area contributed by atoms with Crippen molar-refractivity contribution in [1.82, 2.24) is 19.2 Å². The molecule has 3 aromatic rings. The first-order valence-electron chi connectivity index (χ1n) is 7.85. The highest BCUT2D eigenvalue weighted by Gasteiger charge is 2.24. The third-order valence-corrected chi connectivity index (χ3v) is 4.67. The minimum atomic E-state index is -0.356. The van der Waals surface area contributed by atoms with Crippen molar-refractivity contribution >= 4 is 29.1 Å². The van der Waals surface area contributed by atoms with Gasteiger partial charge in [0.2, 0.25) is 0 Å². The lowest BCUT2D eigenvalue weighted by molar-refractivity contribution is 0.0782. The summed E-state index contributed by atoms with van der Waals surface area (Å²) in [5.74, 6) is -0.607. The number of aromatic nitrogens is 3. The summed E-state index contributed by atoms with van der Waals surface area (Å²) in [6, 6.07) is 7.54. The molecule has 0 unspecified atom stereocenters. The molecule has 3 rings (SSSR count). The average molecular weight is 395 g/mol. The molecule has 2 aromatic heterocycles. The molecule has 5 nitrogen and oxygen atoms in total.